The molecule has 0 amide bonds. The van der Waals surface area contributed by atoms with Crippen LogP contribution < -0.4 is 0 Å². The summed E-state index contributed by atoms with van der Waals surface area (Å²) in [5, 5.41) is 0. The second kappa shape index (κ2) is 3.81. The van der Waals surface area contributed by atoms with E-state index in [0.717, 1.165) is 13.1 Å². The second-order valence-corrected chi connectivity index (χ2v) is 2.06. The molecule has 52 valence electrons. The molecule has 0 aromatic rings. The zero-order chi connectivity index (χ0) is 6.53. The molecule has 0 unspecified atom stereocenters. The van der Waals surface area contributed by atoms with E-state index in [-0.39, 0.29) is 0 Å². The van der Waals surface area contributed by atoms with Crippen LogP contribution in [0.2, 0.25) is 0 Å². The molecule has 1 rings (SSSR count). The topological polar surface area (TPSA) is 44.8 Å². The SMILES string of the molecule is OSN=[N+]1CCOCC1. The molecule has 0 spiro atoms. The molecule has 0 bridgehead atoms. The summed E-state index contributed by atoms with van der Waals surface area (Å²) in [6, 6.07) is 0. The van der Waals surface area contributed by atoms with Gasteiger partial charge in [-0.05, 0) is 0 Å². The minimum absolute atomic E-state index is 0.504. The summed E-state index contributed by atoms with van der Waals surface area (Å²) in [6.07, 6.45) is 0. The Bertz CT molecular complexity index is 109. The van der Waals surface area contributed by atoms with E-state index < -0.39 is 0 Å². The summed E-state index contributed by atoms with van der Waals surface area (Å²) in [7, 11) is 0. The van der Waals surface area contributed by atoms with Crippen LogP contribution in [-0.2, 0) is 4.74 Å². The van der Waals surface area contributed by atoms with Crippen molar-refractivity contribution in [3.05, 3.63) is 0 Å². The maximum atomic E-state index is 8.29. The van der Waals surface area contributed by atoms with Gasteiger partial charge in [0.1, 0.15) is 13.2 Å². The van der Waals surface area contributed by atoms with Crippen LogP contribution in [0.15, 0.2) is 4.52 Å². The average molecular weight is 149 g/mol. The first-order chi connectivity index (χ1) is 4.43. The molecule has 0 saturated carbocycles. The average Bonchev–Trinajstić information content (AvgIpc) is 1.91. The molecule has 1 heterocycles. The van der Waals surface area contributed by atoms with Gasteiger partial charge in [0.25, 0.3) is 0 Å². The molecule has 0 aliphatic carbocycles. The van der Waals surface area contributed by atoms with Crippen molar-refractivity contribution in [2.45, 2.75) is 0 Å². The van der Waals surface area contributed by atoms with Gasteiger partial charge in [-0.2, -0.15) is 0 Å². The lowest BCUT2D eigenvalue weighted by atomic mass is 10.5. The molecule has 0 aromatic heterocycles. The Kier molecular flexibility index (Phi) is 2.96. The summed E-state index contributed by atoms with van der Waals surface area (Å²) < 4.78 is 18.8. The van der Waals surface area contributed by atoms with Crippen molar-refractivity contribution in [3.63, 3.8) is 0 Å². The first kappa shape index (κ1) is 6.98. The third-order valence-electron chi connectivity index (χ3n) is 1.14. The van der Waals surface area contributed by atoms with E-state index in [1.165, 1.54) is 0 Å². The fraction of sp³-hybridized carbons (Fsp3) is 1.00. The number of hydrogen-bond acceptors (Lipinski definition) is 4. The van der Waals surface area contributed by atoms with Gasteiger partial charge in [0.05, 0.1) is 4.52 Å². The Hall–Kier alpha value is -0.130. The van der Waals surface area contributed by atoms with Crippen LogP contribution in [0, 0.1) is 0 Å². The van der Waals surface area contributed by atoms with Crippen LogP contribution >= 0.6 is 12.2 Å². The van der Waals surface area contributed by atoms with E-state index >= 15 is 0 Å². The highest BCUT2D eigenvalue weighted by molar-refractivity contribution is 7.92. The molecular weight excluding hydrogens is 140 g/mol. The van der Waals surface area contributed by atoms with E-state index in [2.05, 4.69) is 4.52 Å². The van der Waals surface area contributed by atoms with Gasteiger partial charge >= 0.3 is 0 Å². The molecule has 1 aliphatic heterocycles. The van der Waals surface area contributed by atoms with Crippen LogP contribution in [0.25, 0.3) is 0 Å². The lowest BCUT2D eigenvalue weighted by Gasteiger charge is -2.06. The number of rotatable bonds is 1. The van der Waals surface area contributed by atoms with Crippen molar-refractivity contribution in [1.82, 2.24) is 0 Å². The number of ether oxygens (including phenoxy) is 1. The molecule has 0 radical (unpaired) electrons. The lowest BCUT2D eigenvalue weighted by molar-refractivity contribution is -0.602. The summed E-state index contributed by atoms with van der Waals surface area (Å²) >= 11 is 0.504. The molecular formula is C4H9N2O2S+. The van der Waals surface area contributed by atoms with Gasteiger partial charge in [-0.15, -0.1) is 4.70 Å². The summed E-state index contributed by atoms with van der Waals surface area (Å²) in [5.74, 6) is 0. The predicted octanol–water partition coefficient (Wildman–Crippen LogP) is 0.603. The third kappa shape index (κ3) is 2.30. The van der Waals surface area contributed by atoms with E-state index in [9.17, 15) is 0 Å². The Morgan fingerprint density at radius 1 is 1.44 bits per heavy atom. The maximum Gasteiger partial charge on any atom is 0.203 e. The van der Waals surface area contributed by atoms with Gasteiger partial charge in [-0.25, -0.2) is 0 Å². The standard InChI is InChI=1S/C4H8N2O2S/c7-9-5-6-1-3-8-4-2-6/h1-4H2/p+1. The molecule has 1 saturated heterocycles. The van der Waals surface area contributed by atoms with E-state index in [1.54, 1.807) is 4.70 Å². The fourth-order valence-corrected chi connectivity index (χ4v) is 0.954. The summed E-state index contributed by atoms with van der Waals surface area (Å²) in [4.78, 5) is 0. The van der Waals surface area contributed by atoms with Crippen LogP contribution in [0.3, 0.4) is 0 Å². The van der Waals surface area contributed by atoms with Gasteiger partial charge in [0, 0.05) is 0 Å². The van der Waals surface area contributed by atoms with Crippen LogP contribution in [0.1, 0.15) is 0 Å². The molecule has 1 aliphatic rings. The van der Waals surface area contributed by atoms with E-state index in [1.807, 2.05) is 0 Å². The first-order valence-electron chi connectivity index (χ1n) is 2.77. The maximum absolute atomic E-state index is 8.29. The van der Waals surface area contributed by atoms with Crippen molar-refractivity contribution in [3.8, 4) is 0 Å². The van der Waals surface area contributed by atoms with Crippen molar-refractivity contribution in [2.75, 3.05) is 26.3 Å². The van der Waals surface area contributed by atoms with E-state index in [4.69, 9.17) is 9.29 Å². The normalized spacial score (nSPS) is 19.9. The highest BCUT2D eigenvalue weighted by Crippen LogP contribution is 1.97. The van der Waals surface area contributed by atoms with Crippen molar-refractivity contribution < 1.29 is 14.0 Å². The van der Waals surface area contributed by atoms with Crippen molar-refractivity contribution >= 4 is 12.2 Å². The zero-order valence-corrected chi connectivity index (χ0v) is 5.80. The number of morpholine rings is 1. The molecule has 9 heavy (non-hydrogen) atoms. The predicted molar refractivity (Wildman–Crippen MR) is 33.5 cm³/mol. The van der Waals surface area contributed by atoms with Crippen molar-refractivity contribution in [1.29, 1.82) is 0 Å². The number of nitrogens with zero attached hydrogens (tertiary/aromatic N) is 2. The van der Waals surface area contributed by atoms with Crippen LogP contribution in [-0.4, -0.2) is 35.6 Å². The monoisotopic (exact) mass is 149 g/mol. The zero-order valence-electron chi connectivity index (χ0n) is 4.99. The Balaban J connectivity index is 2.30. The van der Waals surface area contributed by atoms with Crippen molar-refractivity contribution in [2.24, 2.45) is 4.52 Å². The molecule has 5 heteroatoms. The summed E-state index contributed by atoms with van der Waals surface area (Å²) in [6.45, 7) is 3.00. The molecule has 4 nitrogen and oxygen atoms in total. The van der Waals surface area contributed by atoms with Crippen LogP contribution in [0.5, 0.6) is 0 Å². The largest absolute Gasteiger partial charge is 0.368 e. The van der Waals surface area contributed by atoms with Gasteiger partial charge in [0.15, 0.2) is 13.1 Å². The minimum Gasteiger partial charge on any atom is -0.368 e. The van der Waals surface area contributed by atoms with Crippen LogP contribution in [0.4, 0.5) is 0 Å². The third-order valence-corrected chi connectivity index (χ3v) is 1.44. The molecule has 1 N–H and O–H groups in total. The highest BCUT2D eigenvalue weighted by atomic mass is 32.2. The molecule has 0 atom stereocenters. The van der Waals surface area contributed by atoms with Gasteiger partial charge in [0.2, 0.25) is 12.2 Å². The quantitative estimate of drug-likeness (QED) is 0.337. The Morgan fingerprint density at radius 2 is 2.11 bits per heavy atom. The minimum atomic E-state index is 0.504. The highest BCUT2D eigenvalue weighted by Gasteiger charge is 2.11. The van der Waals surface area contributed by atoms with Gasteiger partial charge < -0.3 is 9.29 Å². The lowest BCUT2D eigenvalue weighted by Crippen LogP contribution is -2.26. The summed E-state index contributed by atoms with van der Waals surface area (Å²) in [5.41, 5.74) is 0. The smallest absolute Gasteiger partial charge is 0.203 e. The fourth-order valence-electron chi connectivity index (χ4n) is 0.687. The number of hydrogen-bond donors (Lipinski definition) is 1. The van der Waals surface area contributed by atoms with Gasteiger partial charge in [-0.3, -0.25) is 0 Å². The Morgan fingerprint density at radius 3 is 2.67 bits per heavy atom. The van der Waals surface area contributed by atoms with E-state index in [0.29, 0.717) is 25.4 Å². The Labute approximate surface area is 57.9 Å². The molecule has 0 aromatic carbocycles. The van der Waals surface area contributed by atoms with Gasteiger partial charge in [-0.1, -0.05) is 0 Å². The molecule has 1 fully saturated rings. The second-order valence-electron chi connectivity index (χ2n) is 1.73. The first-order valence-corrected chi connectivity index (χ1v) is 3.51.